The van der Waals surface area contributed by atoms with Crippen LogP contribution in [0.4, 0.5) is 5.69 Å². The second kappa shape index (κ2) is 7.65. The van der Waals surface area contributed by atoms with Crippen molar-refractivity contribution in [2.24, 2.45) is 0 Å². The van der Waals surface area contributed by atoms with E-state index in [9.17, 15) is 10.1 Å². The molecule has 0 saturated carbocycles. The van der Waals surface area contributed by atoms with Crippen molar-refractivity contribution in [3.63, 3.8) is 0 Å². The number of nitro groups is 1. The topological polar surface area (TPSA) is 47.0 Å². The predicted molar refractivity (Wildman–Crippen MR) is 84.3 cm³/mol. The minimum Gasteiger partial charge on any atom is -1.00 e. The van der Waals surface area contributed by atoms with Gasteiger partial charge < -0.3 is 17.0 Å². The molecular formula is C18H15BrN2O2. The molecule has 2 aromatic carbocycles. The minimum absolute atomic E-state index is 0. The molecule has 0 atom stereocenters. The van der Waals surface area contributed by atoms with Crippen LogP contribution in [0.15, 0.2) is 79.1 Å². The average Bonchev–Trinajstić information content (AvgIpc) is 2.56. The van der Waals surface area contributed by atoms with E-state index in [4.69, 9.17) is 0 Å². The Kier molecular flexibility index (Phi) is 5.60. The van der Waals surface area contributed by atoms with Crippen LogP contribution in [0.3, 0.4) is 0 Å². The molecule has 5 heteroatoms. The van der Waals surface area contributed by atoms with Crippen molar-refractivity contribution in [2.45, 2.75) is 6.54 Å². The van der Waals surface area contributed by atoms with Crippen LogP contribution >= 0.6 is 0 Å². The highest BCUT2D eigenvalue weighted by Crippen LogP contribution is 2.21. The highest BCUT2D eigenvalue weighted by molar-refractivity contribution is 5.63. The summed E-state index contributed by atoms with van der Waals surface area (Å²) in [5.74, 6) is 0. The molecule has 0 saturated heterocycles. The zero-order valence-electron chi connectivity index (χ0n) is 12.3. The van der Waals surface area contributed by atoms with Crippen LogP contribution in [-0.4, -0.2) is 4.92 Å². The zero-order chi connectivity index (χ0) is 15.4. The van der Waals surface area contributed by atoms with Crippen molar-refractivity contribution in [2.75, 3.05) is 0 Å². The maximum atomic E-state index is 10.7. The summed E-state index contributed by atoms with van der Waals surface area (Å²) in [4.78, 5) is 10.3. The van der Waals surface area contributed by atoms with Crippen LogP contribution in [0.2, 0.25) is 0 Å². The predicted octanol–water partition coefficient (Wildman–Crippen LogP) is 0.602. The molecule has 116 valence electrons. The van der Waals surface area contributed by atoms with Gasteiger partial charge in [0.15, 0.2) is 18.9 Å². The monoisotopic (exact) mass is 370 g/mol. The van der Waals surface area contributed by atoms with E-state index < -0.39 is 0 Å². The number of non-ortho nitro benzene ring substituents is 1. The van der Waals surface area contributed by atoms with Crippen molar-refractivity contribution >= 4 is 5.69 Å². The number of nitrogens with zero attached hydrogens (tertiary/aromatic N) is 2. The smallest absolute Gasteiger partial charge is 0.269 e. The second-order valence-electron chi connectivity index (χ2n) is 5.05. The minimum atomic E-state index is -0.385. The van der Waals surface area contributed by atoms with Crippen LogP contribution in [0.5, 0.6) is 0 Å². The van der Waals surface area contributed by atoms with E-state index in [1.54, 1.807) is 12.1 Å². The molecule has 0 unspecified atom stereocenters. The van der Waals surface area contributed by atoms with Crippen molar-refractivity contribution < 1.29 is 26.5 Å². The molecule has 3 rings (SSSR count). The van der Waals surface area contributed by atoms with Crippen molar-refractivity contribution in [3.8, 4) is 11.1 Å². The molecule has 0 aliphatic rings. The van der Waals surface area contributed by atoms with E-state index in [1.165, 1.54) is 17.7 Å². The first-order valence-electron chi connectivity index (χ1n) is 7.00. The lowest BCUT2D eigenvalue weighted by atomic mass is 10.1. The Balaban J connectivity index is 0.00000192. The van der Waals surface area contributed by atoms with Gasteiger partial charge in [-0.1, -0.05) is 30.3 Å². The summed E-state index contributed by atoms with van der Waals surface area (Å²) < 4.78 is 2.10. The number of nitro benzene ring substituents is 1. The van der Waals surface area contributed by atoms with Gasteiger partial charge in [-0.2, -0.15) is 0 Å². The van der Waals surface area contributed by atoms with Gasteiger partial charge in [-0.15, -0.1) is 0 Å². The molecule has 0 aliphatic heterocycles. The average molecular weight is 371 g/mol. The molecule has 0 N–H and O–H groups in total. The van der Waals surface area contributed by atoms with E-state index in [-0.39, 0.29) is 27.6 Å². The SMILES string of the molecule is O=[N+]([O-])c1ccc(-c2ccc[n+](Cc3ccccc3)c2)cc1.[Br-]. The lowest BCUT2D eigenvalue weighted by Crippen LogP contribution is -3.00. The molecular weight excluding hydrogens is 356 g/mol. The number of hydrogen-bond donors (Lipinski definition) is 0. The van der Waals surface area contributed by atoms with Gasteiger partial charge in [0.2, 0.25) is 0 Å². The first-order valence-corrected chi connectivity index (χ1v) is 7.00. The molecule has 4 nitrogen and oxygen atoms in total. The molecule has 0 aliphatic carbocycles. The van der Waals surface area contributed by atoms with Crippen LogP contribution < -0.4 is 21.5 Å². The Hall–Kier alpha value is -2.53. The van der Waals surface area contributed by atoms with Gasteiger partial charge in [0.1, 0.15) is 0 Å². The van der Waals surface area contributed by atoms with E-state index in [2.05, 4.69) is 16.7 Å². The van der Waals surface area contributed by atoms with Gasteiger partial charge in [0.05, 0.1) is 4.92 Å². The van der Waals surface area contributed by atoms with Gasteiger partial charge >= 0.3 is 0 Å². The number of aromatic nitrogens is 1. The Morgan fingerprint density at radius 2 is 1.57 bits per heavy atom. The molecule has 0 radical (unpaired) electrons. The first-order chi connectivity index (χ1) is 10.7. The molecule has 23 heavy (non-hydrogen) atoms. The third-order valence-electron chi connectivity index (χ3n) is 3.48. The van der Waals surface area contributed by atoms with Crippen molar-refractivity contribution in [3.05, 3.63) is 94.8 Å². The Labute approximate surface area is 145 Å². The maximum absolute atomic E-state index is 10.7. The summed E-state index contributed by atoms with van der Waals surface area (Å²) in [7, 11) is 0. The highest BCUT2D eigenvalue weighted by Gasteiger charge is 2.08. The third kappa shape index (κ3) is 4.23. The lowest BCUT2D eigenvalue weighted by Gasteiger charge is -2.02. The number of rotatable bonds is 4. The standard InChI is InChI=1S/C18H15N2O2.BrH/c21-20(22)18-10-8-16(9-11-18)17-7-4-12-19(14-17)13-15-5-2-1-3-6-15;/h1-12,14H,13H2;1H/q+1;/p-1. The Morgan fingerprint density at radius 1 is 0.870 bits per heavy atom. The van der Waals surface area contributed by atoms with Crippen LogP contribution in [0.1, 0.15) is 5.56 Å². The van der Waals surface area contributed by atoms with Gasteiger partial charge in [-0.05, 0) is 23.8 Å². The molecule has 1 heterocycles. The summed E-state index contributed by atoms with van der Waals surface area (Å²) >= 11 is 0. The summed E-state index contributed by atoms with van der Waals surface area (Å²) in [5.41, 5.74) is 3.34. The van der Waals surface area contributed by atoms with Crippen LogP contribution in [0.25, 0.3) is 11.1 Å². The summed E-state index contributed by atoms with van der Waals surface area (Å²) in [6, 6.07) is 20.8. The Morgan fingerprint density at radius 3 is 2.22 bits per heavy atom. The van der Waals surface area contributed by atoms with Gasteiger partial charge in [0, 0.05) is 29.3 Å². The number of pyridine rings is 1. The first kappa shape index (κ1) is 16.8. The van der Waals surface area contributed by atoms with Crippen LogP contribution in [0, 0.1) is 10.1 Å². The maximum Gasteiger partial charge on any atom is 0.269 e. The fraction of sp³-hybridized carbons (Fsp3) is 0.0556. The van der Waals surface area contributed by atoms with Gasteiger partial charge in [-0.25, -0.2) is 4.57 Å². The largest absolute Gasteiger partial charge is 1.00 e. The number of halogens is 1. The fourth-order valence-corrected chi connectivity index (χ4v) is 2.36. The number of benzene rings is 2. The molecule has 3 aromatic rings. The highest BCUT2D eigenvalue weighted by atomic mass is 79.9. The van der Waals surface area contributed by atoms with E-state index in [1.807, 2.05) is 42.7 Å². The fourth-order valence-electron chi connectivity index (χ4n) is 2.36. The van der Waals surface area contributed by atoms with Crippen LogP contribution in [-0.2, 0) is 6.54 Å². The normalized spacial score (nSPS) is 9.91. The van der Waals surface area contributed by atoms with E-state index in [0.717, 1.165) is 17.7 Å². The summed E-state index contributed by atoms with van der Waals surface area (Å²) in [6.45, 7) is 0.793. The van der Waals surface area contributed by atoms with Gasteiger partial charge in [-0.3, -0.25) is 10.1 Å². The van der Waals surface area contributed by atoms with E-state index >= 15 is 0 Å². The molecule has 0 spiro atoms. The quantitative estimate of drug-likeness (QED) is 0.383. The Bertz CT molecular complexity index is 790. The zero-order valence-corrected chi connectivity index (χ0v) is 13.9. The lowest BCUT2D eigenvalue weighted by molar-refractivity contribution is -0.687. The third-order valence-corrected chi connectivity index (χ3v) is 3.48. The van der Waals surface area contributed by atoms with Crippen molar-refractivity contribution in [1.29, 1.82) is 0 Å². The molecule has 1 aromatic heterocycles. The summed E-state index contributed by atoms with van der Waals surface area (Å²) in [5, 5.41) is 10.7. The molecule has 0 amide bonds. The van der Waals surface area contributed by atoms with Gasteiger partial charge in [0.25, 0.3) is 5.69 Å². The number of hydrogen-bond acceptors (Lipinski definition) is 2. The van der Waals surface area contributed by atoms with E-state index in [0.29, 0.717) is 0 Å². The molecule has 0 bridgehead atoms. The van der Waals surface area contributed by atoms with Crippen molar-refractivity contribution in [1.82, 2.24) is 0 Å². The second-order valence-corrected chi connectivity index (χ2v) is 5.05. The summed E-state index contributed by atoms with van der Waals surface area (Å²) in [6.07, 6.45) is 4.07. The molecule has 0 fully saturated rings.